The zero-order chi connectivity index (χ0) is 18.9. The Morgan fingerprint density at radius 2 is 1.96 bits per heavy atom. The maximum absolute atomic E-state index is 13.6. The molecule has 0 bridgehead atoms. The molecular weight excluding hydrogens is 361 g/mol. The Labute approximate surface area is 153 Å². The van der Waals surface area contributed by atoms with E-state index in [4.69, 9.17) is 21.6 Å². The smallest absolute Gasteiger partial charge is 0.276 e. The number of hydrazine groups is 1. The largest absolute Gasteiger partial charge is 0.482 e. The molecule has 0 radical (unpaired) electrons. The van der Waals surface area contributed by atoms with E-state index in [1.165, 1.54) is 24.3 Å². The topological polar surface area (TPSA) is 91.2 Å². The highest BCUT2D eigenvalue weighted by molar-refractivity contribution is 6.32. The van der Waals surface area contributed by atoms with Crippen LogP contribution in [0.4, 0.5) is 4.39 Å². The summed E-state index contributed by atoms with van der Waals surface area (Å²) in [6.45, 7) is -0.401. The Kier molecular flexibility index (Phi) is 6.71. The highest BCUT2D eigenvalue weighted by Gasteiger charge is 2.07. The van der Waals surface area contributed by atoms with Crippen molar-refractivity contribution >= 4 is 29.5 Å². The van der Waals surface area contributed by atoms with Crippen molar-refractivity contribution in [1.29, 1.82) is 5.26 Å². The molecule has 2 N–H and O–H groups in total. The minimum absolute atomic E-state index is 0.0621. The molecule has 2 amide bonds. The third-order valence-electron chi connectivity index (χ3n) is 3.09. The highest BCUT2D eigenvalue weighted by atomic mass is 35.5. The Bertz CT molecular complexity index is 873. The van der Waals surface area contributed by atoms with E-state index < -0.39 is 24.2 Å². The van der Waals surface area contributed by atoms with Gasteiger partial charge in [0, 0.05) is 11.6 Å². The number of amides is 2. The van der Waals surface area contributed by atoms with Gasteiger partial charge in [0.2, 0.25) is 0 Å². The van der Waals surface area contributed by atoms with Gasteiger partial charge in [-0.3, -0.25) is 20.4 Å². The zero-order valence-corrected chi connectivity index (χ0v) is 14.1. The van der Waals surface area contributed by atoms with Crippen LogP contribution in [0.25, 0.3) is 6.08 Å². The van der Waals surface area contributed by atoms with Crippen LogP contribution in [0.3, 0.4) is 0 Å². The molecule has 26 heavy (non-hydrogen) atoms. The summed E-state index contributed by atoms with van der Waals surface area (Å²) in [5, 5.41) is 9.08. The number of benzene rings is 2. The summed E-state index contributed by atoms with van der Waals surface area (Å²) in [5.41, 5.74) is 4.60. The van der Waals surface area contributed by atoms with Crippen LogP contribution in [0.5, 0.6) is 5.75 Å². The van der Waals surface area contributed by atoms with E-state index in [0.717, 1.165) is 6.08 Å². The second-order valence-electron chi connectivity index (χ2n) is 4.90. The van der Waals surface area contributed by atoms with Gasteiger partial charge in [0.05, 0.1) is 10.6 Å². The van der Waals surface area contributed by atoms with Gasteiger partial charge in [-0.15, -0.1) is 0 Å². The lowest BCUT2D eigenvalue weighted by atomic mass is 10.2. The molecule has 6 nitrogen and oxygen atoms in total. The number of hydrogen-bond donors (Lipinski definition) is 2. The Balaban J connectivity index is 1.83. The average Bonchev–Trinajstić information content (AvgIpc) is 2.64. The van der Waals surface area contributed by atoms with Gasteiger partial charge in [-0.1, -0.05) is 29.8 Å². The van der Waals surface area contributed by atoms with Crippen LogP contribution < -0.4 is 15.6 Å². The molecule has 0 saturated heterocycles. The second kappa shape index (κ2) is 9.20. The molecule has 0 aromatic heterocycles. The van der Waals surface area contributed by atoms with Crippen molar-refractivity contribution < 1.29 is 18.7 Å². The number of ether oxygens (including phenoxy) is 1. The normalized spacial score (nSPS) is 10.2. The summed E-state index contributed by atoms with van der Waals surface area (Å²) < 4.78 is 18.8. The lowest BCUT2D eigenvalue weighted by molar-refractivity contribution is -0.128. The number of nitrogens with zero attached hydrogens (tertiary/aromatic N) is 1. The first kappa shape index (κ1) is 19.0. The molecule has 0 aliphatic rings. The summed E-state index contributed by atoms with van der Waals surface area (Å²) >= 11 is 5.83. The van der Waals surface area contributed by atoms with E-state index in [-0.39, 0.29) is 21.9 Å². The van der Waals surface area contributed by atoms with Crippen LogP contribution in [0, 0.1) is 17.1 Å². The van der Waals surface area contributed by atoms with Gasteiger partial charge in [0.15, 0.2) is 6.61 Å². The predicted molar refractivity (Wildman–Crippen MR) is 93.4 cm³/mol. The van der Waals surface area contributed by atoms with Crippen molar-refractivity contribution in [3.63, 3.8) is 0 Å². The molecule has 0 aliphatic heterocycles. The van der Waals surface area contributed by atoms with Gasteiger partial charge >= 0.3 is 0 Å². The van der Waals surface area contributed by atoms with Crippen LogP contribution >= 0.6 is 11.6 Å². The SMILES string of the molecule is N#Cc1ccccc1OCC(=O)NNC(=O)/C=C/c1c(F)cccc1Cl. The molecule has 132 valence electrons. The molecule has 0 aliphatic carbocycles. The van der Waals surface area contributed by atoms with Crippen LogP contribution in [0.1, 0.15) is 11.1 Å². The Morgan fingerprint density at radius 1 is 1.19 bits per heavy atom. The lowest BCUT2D eigenvalue weighted by Gasteiger charge is -2.08. The average molecular weight is 374 g/mol. The summed E-state index contributed by atoms with van der Waals surface area (Å²) in [6, 6.07) is 12.5. The van der Waals surface area contributed by atoms with Gasteiger partial charge in [-0.25, -0.2) is 4.39 Å². The van der Waals surface area contributed by atoms with Crippen molar-refractivity contribution in [2.45, 2.75) is 0 Å². The Morgan fingerprint density at radius 3 is 2.69 bits per heavy atom. The highest BCUT2D eigenvalue weighted by Crippen LogP contribution is 2.20. The number of rotatable bonds is 5. The van der Waals surface area contributed by atoms with E-state index in [0.29, 0.717) is 0 Å². The van der Waals surface area contributed by atoms with Crippen molar-refractivity contribution in [1.82, 2.24) is 10.9 Å². The van der Waals surface area contributed by atoms with E-state index in [1.807, 2.05) is 6.07 Å². The van der Waals surface area contributed by atoms with Crippen LogP contribution in [0.2, 0.25) is 5.02 Å². The van der Waals surface area contributed by atoms with E-state index >= 15 is 0 Å². The molecule has 0 fully saturated rings. The van der Waals surface area contributed by atoms with E-state index in [9.17, 15) is 14.0 Å². The first-order valence-electron chi connectivity index (χ1n) is 7.34. The number of halogens is 2. The molecular formula is C18H13ClFN3O3. The maximum atomic E-state index is 13.6. The number of nitriles is 1. The molecule has 0 spiro atoms. The van der Waals surface area contributed by atoms with Gasteiger partial charge in [0.25, 0.3) is 11.8 Å². The first-order chi connectivity index (χ1) is 12.5. The van der Waals surface area contributed by atoms with Crippen LogP contribution in [-0.4, -0.2) is 18.4 Å². The van der Waals surface area contributed by atoms with Crippen LogP contribution in [0.15, 0.2) is 48.5 Å². The van der Waals surface area contributed by atoms with Crippen LogP contribution in [-0.2, 0) is 9.59 Å². The van der Waals surface area contributed by atoms with E-state index in [2.05, 4.69) is 10.9 Å². The molecule has 2 aromatic carbocycles. The number of carbonyl (C=O) groups is 2. The number of nitrogens with one attached hydrogen (secondary N) is 2. The standard InChI is InChI=1S/C18H13ClFN3O3/c19-14-5-3-6-15(20)13(14)8-9-17(24)22-23-18(25)11-26-16-7-2-1-4-12(16)10-21/h1-9H,11H2,(H,22,24)(H,23,25)/b9-8+. The van der Waals surface area contributed by atoms with Crippen molar-refractivity contribution in [3.05, 3.63) is 70.5 Å². The minimum atomic E-state index is -0.685. The number of carbonyl (C=O) groups excluding carboxylic acids is 2. The minimum Gasteiger partial charge on any atom is -0.482 e. The van der Waals surface area contributed by atoms with Crippen molar-refractivity contribution in [2.24, 2.45) is 0 Å². The first-order valence-corrected chi connectivity index (χ1v) is 7.72. The summed E-state index contributed by atoms with van der Waals surface area (Å²) in [5.74, 6) is -1.64. The van der Waals surface area contributed by atoms with Gasteiger partial charge in [-0.2, -0.15) is 5.26 Å². The zero-order valence-electron chi connectivity index (χ0n) is 13.3. The summed E-state index contributed by atoms with van der Waals surface area (Å²) in [7, 11) is 0. The molecule has 0 unspecified atom stereocenters. The fraction of sp³-hybridized carbons (Fsp3) is 0.0556. The molecule has 0 atom stereocenters. The quantitative estimate of drug-likeness (QED) is 0.622. The lowest BCUT2D eigenvalue weighted by Crippen LogP contribution is -2.43. The second-order valence-corrected chi connectivity index (χ2v) is 5.31. The van der Waals surface area contributed by atoms with Gasteiger partial charge in [0.1, 0.15) is 17.6 Å². The summed E-state index contributed by atoms with van der Waals surface area (Å²) in [6.07, 6.45) is 2.22. The summed E-state index contributed by atoms with van der Waals surface area (Å²) in [4.78, 5) is 23.3. The van der Waals surface area contributed by atoms with Gasteiger partial charge in [-0.05, 0) is 30.3 Å². The molecule has 2 rings (SSSR count). The van der Waals surface area contributed by atoms with E-state index in [1.54, 1.807) is 24.3 Å². The van der Waals surface area contributed by atoms with Crippen molar-refractivity contribution in [3.8, 4) is 11.8 Å². The molecule has 0 saturated carbocycles. The number of para-hydroxylation sites is 1. The third-order valence-corrected chi connectivity index (χ3v) is 3.42. The third kappa shape index (κ3) is 5.33. The fourth-order valence-electron chi connectivity index (χ4n) is 1.87. The predicted octanol–water partition coefficient (Wildman–Crippen LogP) is 2.59. The molecule has 0 heterocycles. The molecule has 8 heteroatoms. The Hall–Kier alpha value is -3.37. The molecule has 2 aromatic rings. The number of hydrogen-bond acceptors (Lipinski definition) is 4. The monoisotopic (exact) mass is 373 g/mol. The van der Waals surface area contributed by atoms with Gasteiger partial charge < -0.3 is 4.74 Å². The maximum Gasteiger partial charge on any atom is 0.276 e. The van der Waals surface area contributed by atoms with Crippen molar-refractivity contribution in [2.75, 3.05) is 6.61 Å². The fourth-order valence-corrected chi connectivity index (χ4v) is 2.09.